The first-order chi connectivity index (χ1) is 9.61. The molecule has 0 amide bonds. The maximum Gasteiger partial charge on any atom is 0.134 e. The number of rotatable bonds is 2. The van der Waals surface area contributed by atoms with Gasteiger partial charge in [0.25, 0.3) is 0 Å². The fourth-order valence-electron chi connectivity index (χ4n) is 2.89. The molecule has 1 fully saturated rings. The Labute approximate surface area is 119 Å². The van der Waals surface area contributed by atoms with Gasteiger partial charge in [-0.05, 0) is 18.8 Å². The van der Waals surface area contributed by atoms with E-state index in [1.165, 1.54) is 12.8 Å². The van der Waals surface area contributed by atoms with Crippen LogP contribution in [0.25, 0.3) is 11.3 Å². The molecular weight excluding hydrogens is 250 g/mol. The topological polar surface area (TPSA) is 69.6 Å². The van der Waals surface area contributed by atoms with Crippen molar-refractivity contribution in [3.63, 3.8) is 0 Å². The Hall–Kier alpha value is -1.91. The van der Waals surface area contributed by atoms with Crippen LogP contribution in [0, 0.1) is 5.92 Å². The smallest absolute Gasteiger partial charge is 0.134 e. The zero-order valence-corrected chi connectivity index (χ0v) is 12.1. The minimum atomic E-state index is 0.449. The van der Waals surface area contributed by atoms with Gasteiger partial charge in [0, 0.05) is 30.8 Å². The number of nitrogens with two attached hydrogens (primary N) is 1. The van der Waals surface area contributed by atoms with E-state index in [4.69, 9.17) is 10.7 Å². The summed E-state index contributed by atoms with van der Waals surface area (Å²) in [4.78, 5) is 9.18. The third-order valence-corrected chi connectivity index (χ3v) is 4.14. The summed E-state index contributed by atoms with van der Waals surface area (Å²) >= 11 is 0. The molecular formula is C15H21N5. The molecule has 106 valence electrons. The molecule has 5 heteroatoms. The van der Waals surface area contributed by atoms with Crippen LogP contribution in [0.5, 0.6) is 0 Å². The second-order valence-electron chi connectivity index (χ2n) is 5.90. The molecule has 0 atom stereocenters. The van der Waals surface area contributed by atoms with Crippen molar-refractivity contribution < 1.29 is 0 Å². The van der Waals surface area contributed by atoms with E-state index in [0.29, 0.717) is 11.7 Å². The van der Waals surface area contributed by atoms with Gasteiger partial charge in [0.15, 0.2) is 0 Å². The lowest BCUT2D eigenvalue weighted by atomic mass is 9.82. The third-order valence-electron chi connectivity index (χ3n) is 4.14. The van der Waals surface area contributed by atoms with Crippen molar-refractivity contribution in [2.75, 3.05) is 5.73 Å². The first-order valence-electron chi connectivity index (χ1n) is 7.25. The van der Waals surface area contributed by atoms with Crippen LogP contribution in [0.15, 0.2) is 18.5 Å². The maximum absolute atomic E-state index is 5.96. The predicted octanol–water partition coefficient (Wildman–Crippen LogP) is 2.75. The van der Waals surface area contributed by atoms with Gasteiger partial charge in [0.1, 0.15) is 11.6 Å². The second-order valence-corrected chi connectivity index (χ2v) is 5.90. The van der Waals surface area contributed by atoms with E-state index < -0.39 is 0 Å². The van der Waals surface area contributed by atoms with Gasteiger partial charge >= 0.3 is 0 Å². The Bertz CT molecular complexity index is 596. The Morgan fingerprint density at radius 1 is 1.20 bits per heavy atom. The highest BCUT2D eigenvalue weighted by Crippen LogP contribution is 2.34. The van der Waals surface area contributed by atoms with Crippen molar-refractivity contribution in [3.05, 3.63) is 24.3 Å². The molecule has 2 heterocycles. The number of nitrogens with zero attached hydrogens (tertiary/aromatic N) is 4. The fraction of sp³-hybridized carbons (Fsp3) is 0.533. The van der Waals surface area contributed by atoms with Gasteiger partial charge in [-0.15, -0.1) is 0 Å². The standard InChI is InChI=1S/C15H21N5/c1-10-3-5-11(6-4-10)15-18-13(7-14(16)19-15)12-8-17-20(2)9-12/h7-11H,3-6H2,1-2H3,(H2,16,18,19). The summed E-state index contributed by atoms with van der Waals surface area (Å²) in [5.41, 5.74) is 7.83. The molecule has 5 nitrogen and oxygen atoms in total. The summed E-state index contributed by atoms with van der Waals surface area (Å²) in [5, 5.41) is 4.19. The van der Waals surface area contributed by atoms with E-state index in [-0.39, 0.29) is 0 Å². The average molecular weight is 271 g/mol. The molecule has 20 heavy (non-hydrogen) atoms. The van der Waals surface area contributed by atoms with Crippen molar-refractivity contribution in [1.82, 2.24) is 19.7 Å². The Balaban J connectivity index is 1.90. The van der Waals surface area contributed by atoms with Crippen molar-refractivity contribution in [2.24, 2.45) is 13.0 Å². The fourth-order valence-corrected chi connectivity index (χ4v) is 2.89. The monoisotopic (exact) mass is 271 g/mol. The first-order valence-corrected chi connectivity index (χ1v) is 7.25. The summed E-state index contributed by atoms with van der Waals surface area (Å²) < 4.78 is 1.77. The van der Waals surface area contributed by atoms with E-state index in [9.17, 15) is 0 Å². The Morgan fingerprint density at radius 2 is 1.95 bits per heavy atom. The van der Waals surface area contributed by atoms with Crippen LogP contribution >= 0.6 is 0 Å². The number of nitrogen functional groups attached to an aromatic ring is 1. The largest absolute Gasteiger partial charge is 0.384 e. The van der Waals surface area contributed by atoms with Crippen LogP contribution in [-0.2, 0) is 7.05 Å². The molecule has 0 saturated heterocycles. The van der Waals surface area contributed by atoms with Crippen molar-refractivity contribution >= 4 is 5.82 Å². The molecule has 0 radical (unpaired) electrons. The SMILES string of the molecule is CC1CCC(c2nc(N)cc(-c3cnn(C)c3)n2)CC1. The Morgan fingerprint density at radius 3 is 2.60 bits per heavy atom. The highest BCUT2D eigenvalue weighted by molar-refractivity contribution is 5.60. The van der Waals surface area contributed by atoms with E-state index in [0.717, 1.165) is 35.8 Å². The van der Waals surface area contributed by atoms with Gasteiger partial charge in [-0.25, -0.2) is 9.97 Å². The van der Waals surface area contributed by atoms with Crippen molar-refractivity contribution in [3.8, 4) is 11.3 Å². The molecule has 0 bridgehead atoms. The Kier molecular flexibility index (Phi) is 3.42. The van der Waals surface area contributed by atoms with Crippen LogP contribution in [0.3, 0.4) is 0 Å². The highest BCUT2D eigenvalue weighted by atomic mass is 15.2. The van der Waals surface area contributed by atoms with E-state index >= 15 is 0 Å². The molecule has 1 aliphatic rings. The molecule has 0 aromatic carbocycles. The minimum Gasteiger partial charge on any atom is -0.384 e. The molecule has 3 rings (SSSR count). The van der Waals surface area contributed by atoms with E-state index in [2.05, 4.69) is 17.0 Å². The van der Waals surface area contributed by atoms with Crippen molar-refractivity contribution in [1.29, 1.82) is 0 Å². The van der Waals surface area contributed by atoms with Gasteiger partial charge in [-0.1, -0.05) is 19.8 Å². The zero-order valence-electron chi connectivity index (χ0n) is 12.1. The van der Waals surface area contributed by atoms with Gasteiger partial charge in [-0.2, -0.15) is 5.10 Å². The van der Waals surface area contributed by atoms with Gasteiger partial charge in [0.2, 0.25) is 0 Å². The third kappa shape index (κ3) is 2.66. The molecule has 2 N–H and O–H groups in total. The predicted molar refractivity (Wildman–Crippen MR) is 79.0 cm³/mol. The van der Waals surface area contributed by atoms with Crippen molar-refractivity contribution in [2.45, 2.75) is 38.5 Å². The lowest BCUT2D eigenvalue weighted by molar-refractivity contribution is 0.340. The average Bonchev–Trinajstić information content (AvgIpc) is 2.85. The summed E-state index contributed by atoms with van der Waals surface area (Å²) in [7, 11) is 1.90. The van der Waals surface area contributed by atoms with Crippen LogP contribution in [0.1, 0.15) is 44.3 Å². The van der Waals surface area contributed by atoms with Crippen LogP contribution in [0.2, 0.25) is 0 Å². The summed E-state index contributed by atoms with van der Waals surface area (Å²) in [5.74, 6) is 2.72. The quantitative estimate of drug-likeness (QED) is 0.911. The molecule has 1 saturated carbocycles. The normalized spacial score (nSPS) is 22.9. The first kappa shape index (κ1) is 13.1. The molecule has 2 aromatic heterocycles. The van der Waals surface area contributed by atoms with Crippen LogP contribution < -0.4 is 5.73 Å². The summed E-state index contributed by atoms with van der Waals surface area (Å²) in [6.45, 7) is 2.32. The zero-order chi connectivity index (χ0) is 14.1. The number of aromatic nitrogens is 4. The summed E-state index contributed by atoms with van der Waals surface area (Å²) in [6, 6.07) is 1.83. The number of hydrogen-bond acceptors (Lipinski definition) is 4. The van der Waals surface area contributed by atoms with Crippen LogP contribution in [-0.4, -0.2) is 19.7 Å². The lowest BCUT2D eigenvalue weighted by Gasteiger charge is -2.25. The number of anilines is 1. The van der Waals surface area contributed by atoms with Gasteiger partial charge in [0.05, 0.1) is 11.9 Å². The molecule has 1 aliphatic carbocycles. The minimum absolute atomic E-state index is 0.449. The van der Waals surface area contributed by atoms with Gasteiger partial charge < -0.3 is 5.73 Å². The van der Waals surface area contributed by atoms with Gasteiger partial charge in [-0.3, -0.25) is 4.68 Å². The lowest BCUT2D eigenvalue weighted by Crippen LogP contribution is -2.14. The molecule has 0 spiro atoms. The number of aryl methyl sites for hydroxylation is 1. The molecule has 0 unspecified atom stereocenters. The number of hydrogen-bond donors (Lipinski definition) is 1. The van der Waals surface area contributed by atoms with Crippen LogP contribution in [0.4, 0.5) is 5.82 Å². The molecule has 2 aromatic rings. The van der Waals surface area contributed by atoms with E-state index in [1.54, 1.807) is 4.68 Å². The maximum atomic E-state index is 5.96. The molecule has 0 aliphatic heterocycles. The highest BCUT2D eigenvalue weighted by Gasteiger charge is 2.22. The second kappa shape index (κ2) is 5.23. The van der Waals surface area contributed by atoms with E-state index in [1.807, 2.05) is 25.5 Å². The summed E-state index contributed by atoms with van der Waals surface area (Å²) in [6.07, 6.45) is 8.60.